The fourth-order valence-corrected chi connectivity index (χ4v) is 14.4. The summed E-state index contributed by atoms with van der Waals surface area (Å²) in [6.45, 7) is 1.63. The highest BCUT2D eigenvalue weighted by molar-refractivity contribution is 5.76. The highest BCUT2D eigenvalue weighted by atomic mass is 16.8. The monoisotopic (exact) mass is 1620 g/mol. The lowest BCUT2D eigenvalue weighted by atomic mass is 9.96. The smallest absolute Gasteiger partial charge is 0.220 e. The zero-order chi connectivity index (χ0) is 83.1. The summed E-state index contributed by atoms with van der Waals surface area (Å²) >= 11 is 0. The van der Waals surface area contributed by atoms with Crippen LogP contribution in [-0.4, -0.2) is 193 Å². The SMILES string of the molecule is CC/C=C\C/C=C\C/C=C\C/C=C\C/C=C\C/C=C\C/C=C\C/C=C\C/C=C\C/C=C\CCCCCCCCCCCCC(=O)NC(COC1OC(CO)C(OC2OC(CO)C(OC3OC(CO)C(O)C(O)C3O)C(O)C2O)C(O)C1O)C(O)/C=C/CC/C=C/CCCCCCCCCCCCCCCCCCCCCCCCC. The van der Waals surface area contributed by atoms with Gasteiger partial charge in [0.15, 0.2) is 18.9 Å². The minimum atomic E-state index is -1.99. The van der Waals surface area contributed by atoms with Crippen LogP contribution in [-0.2, 0) is 33.2 Å². The molecule has 12 N–H and O–H groups in total. The van der Waals surface area contributed by atoms with E-state index in [0.717, 1.165) is 116 Å². The van der Waals surface area contributed by atoms with Crippen LogP contribution < -0.4 is 5.32 Å². The van der Waals surface area contributed by atoms with Crippen molar-refractivity contribution in [1.82, 2.24) is 5.32 Å². The van der Waals surface area contributed by atoms with Crippen LogP contribution in [0.1, 0.15) is 322 Å². The van der Waals surface area contributed by atoms with E-state index in [-0.39, 0.29) is 18.9 Å². The fourth-order valence-electron chi connectivity index (χ4n) is 14.4. The lowest BCUT2D eigenvalue weighted by Gasteiger charge is -2.48. The van der Waals surface area contributed by atoms with E-state index < -0.39 is 124 Å². The molecule has 0 bridgehead atoms. The maximum atomic E-state index is 13.5. The normalized spacial score (nSPS) is 25.3. The molecular formula is C96H163NO18. The van der Waals surface area contributed by atoms with Gasteiger partial charge in [-0.2, -0.15) is 0 Å². The van der Waals surface area contributed by atoms with Crippen molar-refractivity contribution < 1.29 is 89.4 Å². The van der Waals surface area contributed by atoms with Crippen molar-refractivity contribution in [1.29, 1.82) is 0 Å². The van der Waals surface area contributed by atoms with Crippen molar-refractivity contribution in [3.8, 4) is 0 Å². The molecule has 3 aliphatic rings. The second kappa shape index (κ2) is 73.6. The zero-order valence-corrected chi connectivity index (χ0v) is 71.2. The number of carbonyl (C=O) groups excluding carboxylic acids is 1. The number of carbonyl (C=O) groups is 1. The van der Waals surface area contributed by atoms with E-state index in [1.807, 2.05) is 6.08 Å². The number of unbranched alkanes of at least 4 members (excludes halogenated alkanes) is 34. The minimum absolute atomic E-state index is 0.222. The van der Waals surface area contributed by atoms with Crippen molar-refractivity contribution in [2.45, 2.75) is 426 Å². The Kier molecular flexibility index (Phi) is 67.1. The summed E-state index contributed by atoms with van der Waals surface area (Å²) in [6, 6.07) is -1.00. The molecule has 19 nitrogen and oxygen atoms in total. The van der Waals surface area contributed by atoms with Gasteiger partial charge >= 0.3 is 0 Å². The molecule has 19 heteroatoms. The first-order valence-corrected chi connectivity index (χ1v) is 45.6. The third-order valence-corrected chi connectivity index (χ3v) is 21.6. The van der Waals surface area contributed by atoms with E-state index in [1.54, 1.807) is 6.08 Å². The van der Waals surface area contributed by atoms with Gasteiger partial charge in [0.25, 0.3) is 0 Å². The first-order chi connectivity index (χ1) is 56.3. The summed E-state index contributed by atoms with van der Waals surface area (Å²) in [5.41, 5.74) is 0. The molecule has 17 unspecified atom stereocenters. The van der Waals surface area contributed by atoms with Crippen LogP contribution in [0.25, 0.3) is 0 Å². The standard InChI is InChI=1S/C96H163NO18/c1-3-5-7-9-11-13-15-17-19-21-23-25-27-29-31-33-34-35-36-37-38-39-40-41-42-43-44-46-48-50-52-54-56-58-60-62-64-66-68-70-72-74-84(102)97-79(80(101)73-71-69-67-65-63-61-59-57-55-53-51-49-47-45-32-30-28-26-24-22-20-18-16-14-12-10-8-6-4-2)78-110-94-90(108)87(105)92(82(76-99)112-94)115-96-91(109)88(106)93(83(77-100)113-96)114-95-89(107)86(104)85(103)81(75-98)111-95/h5,7,11,13,17,19,23,25,29,31,34-35,37-38,40-41,43-44,48,50,63,65,71,73,79-83,85-96,98-101,103-109H,3-4,6,8-10,12,14-16,18,20-22,24,26-28,30,32-33,36,39,42,45-47,49,51-62,64,66-70,72,74-78H2,1-2H3,(H,97,102)/b7-5-,13-11-,19-17-,25-23-,31-29-,35-34-,38-37-,41-40-,44-43-,50-48-,65-63+,73-71+. The Morgan fingerprint density at radius 1 is 0.322 bits per heavy atom. The maximum absolute atomic E-state index is 13.5. The van der Waals surface area contributed by atoms with Gasteiger partial charge in [-0.15, -0.1) is 0 Å². The molecule has 3 heterocycles. The molecule has 0 radical (unpaired) electrons. The number of nitrogens with one attached hydrogen (secondary N) is 1. The van der Waals surface area contributed by atoms with Crippen LogP contribution in [0.2, 0.25) is 0 Å². The van der Waals surface area contributed by atoms with E-state index >= 15 is 0 Å². The molecule has 660 valence electrons. The molecule has 17 atom stereocenters. The largest absolute Gasteiger partial charge is 0.394 e. The van der Waals surface area contributed by atoms with Crippen LogP contribution in [0.3, 0.4) is 0 Å². The second-order valence-electron chi connectivity index (χ2n) is 31.7. The Bertz CT molecular complexity index is 2650. The molecule has 0 aromatic carbocycles. The van der Waals surface area contributed by atoms with Crippen LogP contribution >= 0.6 is 0 Å². The molecule has 3 saturated heterocycles. The van der Waals surface area contributed by atoms with Gasteiger partial charge in [0.1, 0.15) is 73.2 Å². The molecule has 0 aromatic heterocycles. The van der Waals surface area contributed by atoms with E-state index in [9.17, 15) is 61.0 Å². The Morgan fingerprint density at radius 2 is 0.609 bits per heavy atom. The summed E-state index contributed by atoms with van der Waals surface area (Å²) in [4.78, 5) is 13.5. The average molecular weight is 1620 g/mol. The number of hydrogen-bond acceptors (Lipinski definition) is 18. The number of hydrogen-bond donors (Lipinski definition) is 12. The van der Waals surface area contributed by atoms with Crippen molar-refractivity contribution in [2.75, 3.05) is 26.4 Å². The third-order valence-electron chi connectivity index (χ3n) is 21.6. The molecule has 0 aromatic rings. The molecule has 1 amide bonds. The number of aliphatic hydroxyl groups excluding tert-OH is 11. The van der Waals surface area contributed by atoms with Crippen molar-refractivity contribution >= 4 is 5.91 Å². The number of aliphatic hydroxyl groups is 11. The molecule has 3 aliphatic heterocycles. The molecule has 115 heavy (non-hydrogen) atoms. The van der Waals surface area contributed by atoms with E-state index in [4.69, 9.17) is 28.4 Å². The lowest BCUT2D eigenvalue weighted by Crippen LogP contribution is -2.66. The summed E-state index contributed by atoms with van der Waals surface area (Å²) in [5.74, 6) is -0.292. The van der Waals surface area contributed by atoms with E-state index in [1.165, 1.54) is 173 Å². The Hall–Kier alpha value is -4.33. The topological polar surface area (TPSA) is 307 Å². The number of rotatable bonds is 72. The summed E-state index contributed by atoms with van der Waals surface area (Å²) in [5, 5.41) is 121. The molecular weight excluding hydrogens is 1460 g/mol. The molecule has 3 rings (SSSR count). The highest BCUT2D eigenvalue weighted by Crippen LogP contribution is 2.33. The fraction of sp³-hybridized carbons (Fsp3) is 0.740. The Morgan fingerprint density at radius 3 is 0.974 bits per heavy atom. The molecule has 0 aliphatic carbocycles. The first-order valence-electron chi connectivity index (χ1n) is 45.6. The van der Waals surface area contributed by atoms with Gasteiger partial charge in [-0.3, -0.25) is 4.79 Å². The minimum Gasteiger partial charge on any atom is -0.394 e. The van der Waals surface area contributed by atoms with Crippen molar-refractivity contribution in [2.24, 2.45) is 0 Å². The second-order valence-corrected chi connectivity index (χ2v) is 31.7. The van der Waals surface area contributed by atoms with E-state index in [0.29, 0.717) is 12.8 Å². The summed E-state index contributed by atoms with van der Waals surface area (Å²) < 4.78 is 34.5. The maximum Gasteiger partial charge on any atom is 0.220 e. The third kappa shape index (κ3) is 51.8. The molecule has 0 saturated carbocycles. The zero-order valence-electron chi connectivity index (χ0n) is 71.2. The lowest BCUT2D eigenvalue weighted by molar-refractivity contribution is -0.379. The van der Waals surface area contributed by atoms with Crippen molar-refractivity contribution in [3.05, 3.63) is 146 Å². The first kappa shape index (κ1) is 105. The van der Waals surface area contributed by atoms with Gasteiger partial charge in [0.2, 0.25) is 5.91 Å². The van der Waals surface area contributed by atoms with Gasteiger partial charge in [0.05, 0.1) is 38.6 Å². The summed E-state index contributed by atoms with van der Waals surface area (Å²) in [7, 11) is 0. The Labute approximate surface area is 695 Å². The number of amides is 1. The van der Waals surface area contributed by atoms with Crippen molar-refractivity contribution in [3.63, 3.8) is 0 Å². The van der Waals surface area contributed by atoms with Crippen LogP contribution in [0.4, 0.5) is 0 Å². The van der Waals surface area contributed by atoms with Gasteiger partial charge in [-0.1, -0.05) is 352 Å². The number of allylic oxidation sites excluding steroid dienone is 23. The van der Waals surface area contributed by atoms with E-state index in [2.05, 4.69) is 153 Å². The quantitative estimate of drug-likeness (QED) is 0.0199. The van der Waals surface area contributed by atoms with Crippen LogP contribution in [0.15, 0.2) is 146 Å². The average Bonchev–Trinajstić information content (AvgIpc) is 0.778. The van der Waals surface area contributed by atoms with Gasteiger partial charge in [-0.05, 0) is 109 Å². The van der Waals surface area contributed by atoms with Gasteiger partial charge in [0, 0.05) is 6.42 Å². The molecule has 3 fully saturated rings. The predicted octanol–water partition coefficient (Wildman–Crippen LogP) is 17.7. The predicted molar refractivity (Wildman–Crippen MR) is 466 cm³/mol. The Balaban J connectivity index is 1.34. The van der Waals surface area contributed by atoms with Crippen LogP contribution in [0.5, 0.6) is 0 Å². The van der Waals surface area contributed by atoms with Crippen LogP contribution in [0, 0.1) is 0 Å². The molecule has 0 spiro atoms. The number of ether oxygens (including phenoxy) is 6. The van der Waals surface area contributed by atoms with Gasteiger partial charge < -0.3 is 89.9 Å². The highest BCUT2D eigenvalue weighted by Gasteiger charge is 2.54. The summed E-state index contributed by atoms with van der Waals surface area (Å²) in [6.07, 6.45) is 81.3. The van der Waals surface area contributed by atoms with Gasteiger partial charge in [-0.25, -0.2) is 0 Å².